The van der Waals surface area contributed by atoms with E-state index in [1.807, 2.05) is 18.2 Å². The number of imide groups is 1. The summed E-state index contributed by atoms with van der Waals surface area (Å²) in [5, 5.41) is 5.44. The summed E-state index contributed by atoms with van der Waals surface area (Å²) in [7, 11) is 0. The van der Waals surface area contributed by atoms with Crippen molar-refractivity contribution in [1.29, 1.82) is 0 Å². The van der Waals surface area contributed by atoms with E-state index >= 15 is 0 Å². The van der Waals surface area contributed by atoms with Crippen molar-refractivity contribution >= 4 is 23.5 Å². The molecule has 0 saturated carbocycles. The number of hydrogen-bond acceptors (Lipinski definition) is 6. The third kappa shape index (κ3) is 7.68. The lowest BCUT2D eigenvalue weighted by Gasteiger charge is -2.26. The molecule has 1 aliphatic carbocycles. The van der Waals surface area contributed by atoms with Crippen LogP contribution in [0.1, 0.15) is 70.3 Å². The van der Waals surface area contributed by atoms with Crippen LogP contribution in [0.3, 0.4) is 0 Å². The maximum absolute atomic E-state index is 13.1. The van der Waals surface area contributed by atoms with Crippen molar-refractivity contribution in [2.24, 2.45) is 11.8 Å². The number of nitrogens with one attached hydrogen (secondary N) is 2. The molecular weight excluding hydrogens is 518 g/mol. The Labute approximate surface area is 242 Å². The van der Waals surface area contributed by atoms with Crippen LogP contribution in [0.25, 0.3) is 0 Å². The fourth-order valence-corrected chi connectivity index (χ4v) is 6.28. The lowest BCUT2D eigenvalue weighted by atomic mass is 9.78. The van der Waals surface area contributed by atoms with E-state index in [1.165, 1.54) is 11.1 Å². The van der Waals surface area contributed by atoms with Crippen LogP contribution in [0.5, 0.6) is 0 Å². The zero-order valence-electron chi connectivity index (χ0n) is 24.0. The highest BCUT2D eigenvalue weighted by Gasteiger charge is 2.31. The molecule has 5 rings (SSSR count). The van der Waals surface area contributed by atoms with Crippen molar-refractivity contribution in [3.8, 4) is 0 Å². The Morgan fingerprint density at radius 3 is 2.51 bits per heavy atom. The highest BCUT2D eigenvalue weighted by Crippen LogP contribution is 2.31. The summed E-state index contributed by atoms with van der Waals surface area (Å²) in [6.45, 7) is 7.17. The molecular formula is C33H41N3O5. The molecule has 2 aromatic rings. The molecule has 2 atom stereocenters. The van der Waals surface area contributed by atoms with Crippen molar-refractivity contribution in [2.75, 3.05) is 32.8 Å². The molecule has 2 saturated heterocycles. The van der Waals surface area contributed by atoms with E-state index in [0.29, 0.717) is 38.6 Å². The van der Waals surface area contributed by atoms with Crippen molar-refractivity contribution in [3.63, 3.8) is 0 Å². The number of fused-ring (bicyclic) bond motifs is 1. The molecule has 218 valence electrons. The lowest BCUT2D eigenvalue weighted by molar-refractivity contribution is -0.136. The minimum atomic E-state index is -0.208. The summed E-state index contributed by atoms with van der Waals surface area (Å²) >= 11 is 0. The van der Waals surface area contributed by atoms with E-state index in [0.717, 1.165) is 74.4 Å². The van der Waals surface area contributed by atoms with Gasteiger partial charge < -0.3 is 10.1 Å². The van der Waals surface area contributed by atoms with Crippen LogP contribution in [-0.2, 0) is 44.9 Å². The minimum Gasteiger partial charge on any atom is -0.379 e. The van der Waals surface area contributed by atoms with Gasteiger partial charge in [-0.2, -0.15) is 0 Å². The number of carbonyl (C=O) groups excluding carboxylic acids is 4. The first-order valence-corrected chi connectivity index (χ1v) is 15.0. The Kier molecular flexibility index (Phi) is 9.62. The predicted octanol–water partition coefficient (Wildman–Crippen LogP) is 3.31. The number of hydrogen-bond donors (Lipinski definition) is 2. The van der Waals surface area contributed by atoms with Gasteiger partial charge in [-0.3, -0.25) is 29.4 Å². The molecule has 2 aromatic carbocycles. The predicted molar refractivity (Wildman–Crippen MR) is 155 cm³/mol. The van der Waals surface area contributed by atoms with Crippen LogP contribution in [0.2, 0.25) is 0 Å². The summed E-state index contributed by atoms with van der Waals surface area (Å²) in [6.07, 6.45) is 5.14. The van der Waals surface area contributed by atoms with Crippen molar-refractivity contribution < 1.29 is 23.9 Å². The van der Waals surface area contributed by atoms with Crippen molar-refractivity contribution in [1.82, 2.24) is 15.5 Å². The third-order valence-electron chi connectivity index (χ3n) is 8.85. The minimum absolute atomic E-state index is 0.0206. The number of aryl methyl sites for hydroxylation is 2. The zero-order valence-corrected chi connectivity index (χ0v) is 24.0. The van der Waals surface area contributed by atoms with Gasteiger partial charge in [-0.25, -0.2) is 0 Å². The van der Waals surface area contributed by atoms with E-state index < -0.39 is 0 Å². The molecule has 0 spiro atoms. The molecule has 0 radical (unpaired) electrons. The monoisotopic (exact) mass is 559 g/mol. The fraction of sp³-hybridized carbons (Fsp3) is 0.515. The second-order valence-corrected chi connectivity index (χ2v) is 11.7. The first-order valence-electron chi connectivity index (χ1n) is 15.0. The van der Waals surface area contributed by atoms with Gasteiger partial charge in [0.05, 0.1) is 19.6 Å². The zero-order chi connectivity index (χ0) is 28.8. The van der Waals surface area contributed by atoms with E-state index in [9.17, 15) is 19.2 Å². The first-order chi connectivity index (χ1) is 19.9. The molecule has 3 aliphatic rings. The average Bonchev–Trinajstić information content (AvgIpc) is 2.96. The Morgan fingerprint density at radius 1 is 0.976 bits per heavy atom. The van der Waals surface area contributed by atoms with Gasteiger partial charge in [0.2, 0.25) is 17.7 Å². The van der Waals surface area contributed by atoms with Crippen LogP contribution in [0.4, 0.5) is 0 Å². The van der Waals surface area contributed by atoms with Gasteiger partial charge in [-0.15, -0.1) is 0 Å². The van der Waals surface area contributed by atoms with E-state index in [4.69, 9.17) is 4.74 Å². The number of benzene rings is 2. The third-order valence-corrected chi connectivity index (χ3v) is 8.85. The fourth-order valence-electron chi connectivity index (χ4n) is 6.28. The van der Waals surface area contributed by atoms with Crippen molar-refractivity contribution in [2.45, 2.75) is 64.8 Å². The van der Waals surface area contributed by atoms with Crippen molar-refractivity contribution in [3.05, 3.63) is 69.8 Å². The summed E-state index contributed by atoms with van der Waals surface area (Å²) in [5.41, 5.74) is 6.32. The Bertz CT molecular complexity index is 1300. The normalized spacial score (nSPS) is 21.3. The molecule has 2 fully saturated rings. The quantitative estimate of drug-likeness (QED) is 0.433. The molecule has 2 unspecified atom stereocenters. The number of amides is 3. The van der Waals surface area contributed by atoms with E-state index in [-0.39, 0.29) is 35.3 Å². The summed E-state index contributed by atoms with van der Waals surface area (Å²) in [6, 6.07) is 12.2. The molecule has 2 heterocycles. The Hall–Kier alpha value is -3.36. The van der Waals surface area contributed by atoms with E-state index in [2.05, 4.69) is 40.7 Å². The average molecular weight is 560 g/mol. The van der Waals surface area contributed by atoms with Crippen LogP contribution in [0, 0.1) is 18.8 Å². The SMILES string of the molecule is Cc1cc(CC(=O)NCc2ccc3c(c2)CCC(CCC2CCC(=O)NC2=O)C3=O)ccc1CCN1CCOCC1. The van der Waals surface area contributed by atoms with Crippen LogP contribution < -0.4 is 10.6 Å². The van der Waals surface area contributed by atoms with Gasteiger partial charge in [0.15, 0.2) is 5.78 Å². The molecule has 3 amide bonds. The van der Waals surface area contributed by atoms with Crippen LogP contribution in [-0.4, -0.2) is 61.3 Å². The number of carbonyl (C=O) groups is 4. The first kappa shape index (κ1) is 29.1. The summed E-state index contributed by atoms with van der Waals surface area (Å²) in [4.78, 5) is 51.7. The number of Topliss-reactive ketones (excluding diaryl/α,β-unsaturated/α-hetero) is 1. The molecule has 41 heavy (non-hydrogen) atoms. The summed E-state index contributed by atoms with van der Waals surface area (Å²) < 4.78 is 5.43. The highest BCUT2D eigenvalue weighted by atomic mass is 16.5. The standard InChI is InChI=1S/C33H41N3O5/c1-22-18-23(2-4-25(22)12-13-36-14-16-41-17-15-36)20-31(38)34-21-24-3-10-29-28(19-24)8-6-26(32(29)39)5-7-27-9-11-30(37)35-33(27)40/h2-4,10,18-19,26-27H,5-9,11-17,20-21H2,1H3,(H,34,38)(H,35,37,40). The molecule has 0 bridgehead atoms. The van der Waals surface area contributed by atoms with Gasteiger partial charge in [0, 0.05) is 50.0 Å². The lowest BCUT2D eigenvalue weighted by Crippen LogP contribution is -2.41. The van der Waals surface area contributed by atoms with Crippen LogP contribution in [0.15, 0.2) is 36.4 Å². The van der Waals surface area contributed by atoms with Gasteiger partial charge in [0.25, 0.3) is 0 Å². The largest absolute Gasteiger partial charge is 0.379 e. The number of ketones is 1. The smallest absolute Gasteiger partial charge is 0.229 e. The van der Waals surface area contributed by atoms with Gasteiger partial charge in [0.1, 0.15) is 0 Å². The highest BCUT2D eigenvalue weighted by molar-refractivity contribution is 6.00. The molecule has 8 nitrogen and oxygen atoms in total. The Balaban J connectivity index is 1.08. The molecule has 2 aliphatic heterocycles. The molecule has 8 heteroatoms. The number of rotatable bonds is 10. The summed E-state index contributed by atoms with van der Waals surface area (Å²) in [5.74, 6) is -0.572. The molecule has 2 N–H and O–H groups in total. The molecule has 0 aromatic heterocycles. The maximum atomic E-state index is 13.1. The van der Waals surface area contributed by atoms with Crippen LogP contribution >= 0.6 is 0 Å². The number of morpholine rings is 1. The van der Waals surface area contributed by atoms with Gasteiger partial charge in [-0.05, 0) is 73.3 Å². The second-order valence-electron chi connectivity index (χ2n) is 11.7. The number of piperidine rings is 1. The van der Waals surface area contributed by atoms with Gasteiger partial charge in [-0.1, -0.05) is 36.4 Å². The number of ether oxygens (including phenoxy) is 1. The Morgan fingerprint density at radius 2 is 1.73 bits per heavy atom. The second kappa shape index (κ2) is 13.5. The van der Waals surface area contributed by atoms with Gasteiger partial charge >= 0.3 is 0 Å². The van der Waals surface area contributed by atoms with E-state index in [1.54, 1.807) is 0 Å². The number of nitrogens with zero attached hydrogens (tertiary/aromatic N) is 1. The topological polar surface area (TPSA) is 105 Å². The maximum Gasteiger partial charge on any atom is 0.229 e.